The summed E-state index contributed by atoms with van der Waals surface area (Å²) in [5.74, 6) is 0.412. The van der Waals surface area contributed by atoms with Crippen molar-refractivity contribution in [1.82, 2.24) is 4.90 Å². The Bertz CT molecular complexity index is 483. The zero-order chi connectivity index (χ0) is 15.8. The predicted molar refractivity (Wildman–Crippen MR) is 92.3 cm³/mol. The molecule has 0 spiro atoms. The highest BCUT2D eigenvalue weighted by molar-refractivity contribution is 5.79. The fraction of sp³-hybridized carbons (Fsp3) is 0.526. The van der Waals surface area contributed by atoms with E-state index in [4.69, 9.17) is 5.73 Å². The standard InChI is InChI=1S/C19H28N2O/c1-2-13-21(14-7-10-16-8-4-3-5-9-16)19(22)17-11-6-12-18(20)15-17/h3-5,7-10,17-18H,2,6,11-15,20H2,1H3/t17-,18+/m1/s1. The highest BCUT2D eigenvalue weighted by atomic mass is 16.2. The van der Waals surface area contributed by atoms with Gasteiger partial charge >= 0.3 is 0 Å². The Kier molecular flexibility index (Phi) is 6.66. The van der Waals surface area contributed by atoms with Gasteiger partial charge in [0.15, 0.2) is 0 Å². The molecule has 120 valence electrons. The summed E-state index contributed by atoms with van der Waals surface area (Å²) in [5.41, 5.74) is 7.20. The van der Waals surface area contributed by atoms with Gasteiger partial charge in [-0.3, -0.25) is 4.79 Å². The number of benzene rings is 1. The Balaban J connectivity index is 1.93. The van der Waals surface area contributed by atoms with Crippen LogP contribution in [0, 0.1) is 5.92 Å². The van der Waals surface area contributed by atoms with Gasteiger partial charge in [-0.15, -0.1) is 0 Å². The van der Waals surface area contributed by atoms with Crippen molar-refractivity contribution in [3.63, 3.8) is 0 Å². The maximum atomic E-state index is 12.7. The quantitative estimate of drug-likeness (QED) is 0.874. The van der Waals surface area contributed by atoms with Crippen LogP contribution in [0.4, 0.5) is 0 Å². The molecule has 2 atom stereocenters. The summed E-state index contributed by atoms with van der Waals surface area (Å²) in [5, 5.41) is 0. The molecule has 0 unspecified atom stereocenters. The monoisotopic (exact) mass is 300 g/mol. The molecule has 2 rings (SSSR count). The van der Waals surface area contributed by atoms with Gasteiger partial charge in [-0.05, 0) is 31.2 Å². The fourth-order valence-corrected chi connectivity index (χ4v) is 3.15. The van der Waals surface area contributed by atoms with Crippen molar-refractivity contribution >= 4 is 12.0 Å². The second-order valence-corrected chi connectivity index (χ2v) is 6.22. The van der Waals surface area contributed by atoms with E-state index in [0.29, 0.717) is 6.54 Å². The molecule has 0 aliphatic heterocycles. The number of carbonyl (C=O) groups is 1. The largest absolute Gasteiger partial charge is 0.339 e. The van der Waals surface area contributed by atoms with Gasteiger partial charge < -0.3 is 10.6 Å². The van der Waals surface area contributed by atoms with Crippen LogP contribution in [0.5, 0.6) is 0 Å². The van der Waals surface area contributed by atoms with Crippen LogP contribution in [0.15, 0.2) is 36.4 Å². The first kappa shape index (κ1) is 16.8. The van der Waals surface area contributed by atoms with E-state index in [-0.39, 0.29) is 17.9 Å². The van der Waals surface area contributed by atoms with Crippen LogP contribution >= 0.6 is 0 Å². The molecule has 1 aromatic carbocycles. The lowest BCUT2D eigenvalue weighted by Crippen LogP contribution is -2.41. The Morgan fingerprint density at radius 3 is 2.77 bits per heavy atom. The lowest BCUT2D eigenvalue weighted by Gasteiger charge is -2.30. The minimum Gasteiger partial charge on any atom is -0.339 e. The van der Waals surface area contributed by atoms with Crippen molar-refractivity contribution < 1.29 is 4.79 Å². The summed E-state index contributed by atoms with van der Waals surface area (Å²) in [7, 11) is 0. The van der Waals surface area contributed by atoms with E-state index in [1.165, 1.54) is 5.56 Å². The Morgan fingerprint density at radius 2 is 2.09 bits per heavy atom. The van der Waals surface area contributed by atoms with Gasteiger partial charge in [0, 0.05) is 25.0 Å². The second kappa shape index (κ2) is 8.74. The number of hydrogen-bond donors (Lipinski definition) is 1. The number of hydrogen-bond acceptors (Lipinski definition) is 2. The van der Waals surface area contributed by atoms with Crippen molar-refractivity contribution in [2.24, 2.45) is 11.7 Å². The zero-order valence-corrected chi connectivity index (χ0v) is 13.6. The topological polar surface area (TPSA) is 46.3 Å². The summed E-state index contributed by atoms with van der Waals surface area (Å²) < 4.78 is 0. The number of rotatable bonds is 6. The molecule has 0 radical (unpaired) electrons. The van der Waals surface area contributed by atoms with E-state index in [2.05, 4.69) is 31.2 Å². The number of nitrogens with two attached hydrogens (primary N) is 1. The molecule has 1 saturated carbocycles. The van der Waals surface area contributed by atoms with Gasteiger partial charge in [0.25, 0.3) is 0 Å². The molecule has 0 heterocycles. The molecular weight excluding hydrogens is 272 g/mol. The highest BCUT2D eigenvalue weighted by Gasteiger charge is 2.28. The van der Waals surface area contributed by atoms with Crippen molar-refractivity contribution in [2.45, 2.75) is 45.1 Å². The first-order chi connectivity index (χ1) is 10.7. The van der Waals surface area contributed by atoms with Crippen molar-refractivity contribution in [2.75, 3.05) is 13.1 Å². The summed E-state index contributed by atoms with van der Waals surface area (Å²) in [6.07, 6.45) is 9.15. The average molecular weight is 300 g/mol. The number of carbonyl (C=O) groups excluding carboxylic acids is 1. The normalized spacial score (nSPS) is 21.9. The van der Waals surface area contributed by atoms with E-state index in [1.54, 1.807) is 0 Å². The fourth-order valence-electron chi connectivity index (χ4n) is 3.15. The van der Waals surface area contributed by atoms with E-state index in [1.807, 2.05) is 23.1 Å². The summed E-state index contributed by atoms with van der Waals surface area (Å²) in [6.45, 7) is 3.63. The third-order valence-corrected chi connectivity index (χ3v) is 4.30. The Morgan fingerprint density at radius 1 is 1.32 bits per heavy atom. The summed E-state index contributed by atoms with van der Waals surface area (Å²) in [6, 6.07) is 10.4. The van der Waals surface area contributed by atoms with Crippen LogP contribution in [0.1, 0.15) is 44.6 Å². The smallest absolute Gasteiger partial charge is 0.226 e. The second-order valence-electron chi connectivity index (χ2n) is 6.22. The van der Waals surface area contributed by atoms with E-state index < -0.39 is 0 Å². The molecule has 1 fully saturated rings. The molecule has 2 N–H and O–H groups in total. The van der Waals surface area contributed by atoms with Crippen molar-refractivity contribution in [3.8, 4) is 0 Å². The molecule has 1 amide bonds. The Labute approximate surface area is 134 Å². The molecule has 22 heavy (non-hydrogen) atoms. The van der Waals surface area contributed by atoms with E-state index >= 15 is 0 Å². The molecule has 1 aliphatic carbocycles. The van der Waals surface area contributed by atoms with Crippen LogP contribution in [-0.4, -0.2) is 29.9 Å². The molecule has 0 bridgehead atoms. The number of nitrogens with zero attached hydrogens (tertiary/aromatic N) is 1. The minimum atomic E-state index is 0.125. The molecular formula is C19H28N2O. The molecule has 0 saturated heterocycles. The lowest BCUT2D eigenvalue weighted by atomic mass is 9.85. The van der Waals surface area contributed by atoms with E-state index in [9.17, 15) is 4.79 Å². The van der Waals surface area contributed by atoms with Crippen LogP contribution in [0.3, 0.4) is 0 Å². The molecule has 1 aliphatic rings. The molecule has 1 aromatic rings. The van der Waals surface area contributed by atoms with Crippen LogP contribution in [0.25, 0.3) is 6.08 Å². The first-order valence-electron chi connectivity index (χ1n) is 8.46. The van der Waals surface area contributed by atoms with Crippen LogP contribution in [0.2, 0.25) is 0 Å². The average Bonchev–Trinajstić information content (AvgIpc) is 2.54. The Hall–Kier alpha value is -1.61. The summed E-state index contributed by atoms with van der Waals surface area (Å²) >= 11 is 0. The molecule has 0 aromatic heterocycles. The van der Waals surface area contributed by atoms with Crippen LogP contribution in [-0.2, 0) is 4.79 Å². The van der Waals surface area contributed by atoms with Crippen molar-refractivity contribution in [1.29, 1.82) is 0 Å². The SMILES string of the molecule is CCCN(CC=Cc1ccccc1)C(=O)[C@@H]1CCC[C@H](N)C1. The third-order valence-electron chi connectivity index (χ3n) is 4.30. The maximum absolute atomic E-state index is 12.7. The van der Waals surface area contributed by atoms with Gasteiger partial charge in [-0.1, -0.05) is 55.8 Å². The first-order valence-corrected chi connectivity index (χ1v) is 8.46. The number of amides is 1. The highest BCUT2D eigenvalue weighted by Crippen LogP contribution is 2.25. The maximum Gasteiger partial charge on any atom is 0.226 e. The summed E-state index contributed by atoms with van der Waals surface area (Å²) in [4.78, 5) is 14.7. The van der Waals surface area contributed by atoms with Crippen molar-refractivity contribution in [3.05, 3.63) is 42.0 Å². The van der Waals surface area contributed by atoms with Gasteiger partial charge in [0.1, 0.15) is 0 Å². The van der Waals surface area contributed by atoms with Crippen LogP contribution < -0.4 is 5.73 Å². The van der Waals surface area contributed by atoms with E-state index in [0.717, 1.165) is 38.6 Å². The zero-order valence-electron chi connectivity index (χ0n) is 13.6. The van der Waals surface area contributed by atoms with Gasteiger partial charge in [0.05, 0.1) is 0 Å². The van der Waals surface area contributed by atoms with Gasteiger partial charge in [-0.25, -0.2) is 0 Å². The lowest BCUT2D eigenvalue weighted by molar-refractivity contribution is -0.136. The van der Waals surface area contributed by atoms with Gasteiger partial charge in [-0.2, -0.15) is 0 Å². The minimum absolute atomic E-state index is 0.125. The van der Waals surface area contributed by atoms with Gasteiger partial charge in [0.2, 0.25) is 5.91 Å². The molecule has 3 nitrogen and oxygen atoms in total. The molecule has 3 heteroatoms. The predicted octanol–water partition coefficient (Wildman–Crippen LogP) is 3.46. The third kappa shape index (κ3) is 4.99.